The first-order chi connectivity index (χ1) is 13.7. The van der Waals surface area contributed by atoms with Crippen LogP contribution in [0.2, 0.25) is 0 Å². The summed E-state index contributed by atoms with van der Waals surface area (Å²) in [7, 11) is -3.68. The number of hydrogen-bond donors (Lipinski definition) is 0. The molecule has 12 nitrogen and oxygen atoms in total. The summed E-state index contributed by atoms with van der Waals surface area (Å²) in [4.78, 5) is 42.4. The first-order valence-electron chi connectivity index (χ1n) is 9.48. The summed E-state index contributed by atoms with van der Waals surface area (Å²) in [6.07, 6.45) is -0.429. The van der Waals surface area contributed by atoms with E-state index in [2.05, 4.69) is 14.9 Å². The molecule has 0 bridgehead atoms. The highest BCUT2D eigenvalue weighted by molar-refractivity contribution is 7.89. The van der Waals surface area contributed by atoms with Gasteiger partial charge in [0.2, 0.25) is 10.0 Å². The zero-order valence-electron chi connectivity index (χ0n) is 16.7. The van der Waals surface area contributed by atoms with Gasteiger partial charge in [0, 0.05) is 37.4 Å². The highest BCUT2D eigenvalue weighted by atomic mass is 32.2. The molecule has 2 amide bonds. The topological polar surface area (TPSA) is 159 Å². The highest BCUT2D eigenvalue weighted by Crippen LogP contribution is 2.16. The van der Waals surface area contributed by atoms with Crippen LogP contribution in [-0.4, -0.2) is 67.2 Å². The smallest absolute Gasteiger partial charge is 0.428 e. The molecule has 1 unspecified atom stereocenters. The molecule has 0 aromatic carbocycles. The molecule has 0 saturated carbocycles. The van der Waals surface area contributed by atoms with Gasteiger partial charge in [-0.15, -0.1) is 0 Å². The van der Waals surface area contributed by atoms with E-state index in [4.69, 9.17) is 10.3 Å². The number of nitrogens with zero attached hydrogens (tertiary/aromatic N) is 5. The van der Waals surface area contributed by atoms with E-state index in [0.29, 0.717) is 30.9 Å². The van der Waals surface area contributed by atoms with Gasteiger partial charge in [-0.1, -0.05) is 30.4 Å². The lowest BCUT2D eigenvalue weighted by atomic mass is 10.1. The molecule has 1 rings (SSSR count). The van der Waals surface area contributed by atoms with Gasteiger partial charge in [0.05, 0.1) is 0 Å². The molecule has 0 radical (unpaired) electrons. The minimum Gasteiger partial charge on any atom is -0.428 e. The Labute approximate surface area is 169 Å². The highest BCUT2D eigenvalue weighted by Gasteiger charge is 2.35. The van der Waals surface area contributed by atoms with Crippen molar-refractivity contribution in [2.75, 3.05) is 25.4 Å². The van der Waals surface area contributed by atoms with Crippen molar-refractivity contribution in [2.24, 2.45) is 5.11 Å². The number of hydrogen-bond acceptors (Lipinski definition) is 8. The van der Waals surface area contributed by atoms with Gasteiger partial charge in [-0.25, -0.2) is 17.5 Å². The summed E-state index contributed by atoms with van der Waals surface area (Å²) >= 11 is 0. The number of hydroxylamine groups is 2. The van der Waals surface area contributed by atoms with E-state index < -0.39 is 39.8 Å². The van der Waals surface area contributed by atoms with Crippen LogP contribution in [0.5, 0.6) is 0 Å². The molecule has 1 atom stereocenters. The molecule has 164 valence electrons. The minimum atomic E-state index is -3.68. The van der Waals surface area contributed by atoms with Gasteiger partial charge in [-0.05, 0) is 24.8 Å². The number of sulfonamides is 1. The Bertz CT molecular complexity index is 716. The van der Waals surface area contributed by atoms with Gasteiger partial charge in [0.25, 0.3) is 11.8 Å². The number of imide groups is 1. The van der Waals surface area contributed by atoms with Crippen molar-refractivity contribution in [1.82, 2.24) is 9.37 Å². The molecular weight excluding hydrogens is 406 g/mol. The number of ether oxygens (including phenoxy) is 1. The van der Waals surface area contributed by atoms with Crippen molar-refractivity contribution < 1.29 is 32.4 Å². The Kier molecular flexibility index (Phi) is 10.4. The monoisotopic (exact) mass is 433 g/mol. The molecule has 1 saturated heterocycles. The van der Waals surface area contributed by atoms with Gasteiger partial charge in [-0.2, -0.15) is 0 Å². The van der Waals surface area contributed by atoms with Crippen molar-refractivity contribution >= 4 is 28.0 Å². The summed E-state index contributed by atoms with van der Waals surface area (Å²) in [5.74, 6) is -1.75. The first kappa shape index (κ1) is 24.7. The Balaban J connectivity index is 2.72. The lowest BCUT2D eigenvalue weighted by molar-refractivity contribution is -0.178. The SMILES string of the molecule is CCN(CC)S(=O)(=O)CC(CCCCCN=[N+]=[N-])OC(=O)ON1C(=O)CCC1=O. The molecule has 1 fully saturated rings. The fourth-order valence-electron chi connectivity index (χ4n) is 2.80. The molecule has 1 aliphatic rings. The Morgan fingerprint density at radius 1 is 1.21 bits per heavy atom. The average Bonchev–Trinajstić information content (AvgIpc) is 2.96. The van der Waals surface area contributed by atoms with Crippen molar-refractivity contribution in [1.29, 1.82) is 0 Å². The number of rotatable bonds is 13. The number of carbonyl (C=O) groups excluding carboxylic acids is 3. The van der Waals surface area contributed by atoms with Crippen LogP contribution in [0.3, 0.4) is 0 Å². The van der Waals surface area contributed by atoms with Crippen LogP contribution in [0.25, 0.3) is 10.4 Å². The van der Waals surface area contributed by atoms with Crippen LogP contribution in [0.15, 0.2) is 5.11 Å². The van der Waals surface area contributed by atoms with Crippen LogP contribution in [0.1, 0.15) is 52.4 Å². The third-order valence-electron chi connectivity index (χ3n) is 4.28. The van der Waals surface area contributed by atoms with Crippen molar-refractivity contribution in [3.8, 4) is 0 Å². The lowest BCUT2D eigenvalue weighted by Crippen LogP contribution is -2.39. The van der Waals surface area contributed by atoms with E-state index in [0.717, 1.165) is 0 Å². The molecule has 0 aromatic heterocycles. The van der Waals surface area contributed by atoms with E-state index in [1.54, 1.807) is 13.8 Å². The molecule has 0 spiro atoms. The van der Waals surface area contributed by atoms with Gasteiger partial charge >= 0.3 is 6.16 Å². The number of amides is 2. The van der Waals surface area contributed by atoms with Gasteiger partial charge < -0.3 is 4.74 Å². The zero-order chi connectivity index (χ0) is 21.9. The van der Waals surface area contributed by atoms with E-state index in [9.17, 15) is 22.8 Å². The number of unbranched alkanes of at least 4 members (excludes halogenated alkanes) is 2. The maximum Gasteiger partial charge on any atom is 0.534 e. The predicted octanol–water partition coefficient (Wildman–Crippen LogP) is 2.11. The maximum absolute atomic E-state index is 12.5. The standard InChI is InChI=1S/C16H27N5O7S/c1-3-20(4-2)29(25,26)12-13(8-6-5-7-11-18-19-17)27-16(24)28-21-14(22)9-10-15(21)23/h13H,3-12H2,1-2H3. The molecule has 13 heteroatoms. The number of carbonyl (C=O) groups is 3. The van der Waals surface area contributed by atoms with Gasteiger partial charge in [0.15, 0.2) is 0 Å². The van der Waals surface area contributed by atoms with Crippen LogP contribution in [0, 0.1) is 0 Å². The summed E-state index contributed by atoms with van der Waals surface area (Å²) in [6, 6.07) is 0. The Morgan fingerprint density at radius 2 is 1.83 bits per heavy atom. The number of azide groups is 1. The summed E-state index contributed by atoms with van der Waals surface area (Å²) in [5.41, 5.74) is 8.25. The summed E-state index contributed by atoms with van der Waals surface area (Å²) in [5, 5.41) is 3.76. The van der Waals surface area contributed by atoms with Gasteiger partial charge in [-0.3, -0.25) is 14.4 Å². The fraction of sp³-hybridized carbons (Fsp3) is 0.812. The van der Waals surface area contributed by atoms with E-state index in [-0.39, 0.29) is 32.4 Å². The second-order valence-corrected chi connectivity index (χ2v) is 8.34. The molecule has 0 aromatic rings. The third-order valence-corrected chi connectivity index (χ3v) is 6.37. The lowest BCUT2D eigenvalue weighted by Gasteiger charge is -2.23. The van der Waals surface area contributed by atoms with Crippen LogP contribution in [0.4, 0.5) is 4.79 Å². The second kappa shape index (κ2) is 12.2. The largest absolute Gasteiger partial charge is 0.534 e. The first-order valence-corrected chi connectivity index (χ1v) is 11.1. The van der Waals surface area contributed by atoms with E-state index >= 15 is 0 Å². The normalized spacial score (nSPS) is 15.3. The quantitative estimate of drug-likeness (QED) is 0.107. The summed E-state index contributed by atoms with van der Waals surface area (Å²) < 4.78 is 31.4. The summed E-state index contributed by atoms with van der Waals surface area (Å²) in [6.45, 7) is 4.27. The Hall–Kier alpha value is -2.37. The maximum atomic E-state index is 12.5. The van der Waals surface area contributed by atoms with Crippen LogP contribution >= 0.6 is 0 Å². The zero-order valence-corrected chi connectivity index (χ0v) is 17.5. The van der Waals surface area contributed by atoms with E-state index in [1.165, 1.54) is 4.31 Å². The Morgan fingerprint density at radius 3 is 2.38 bits per heavy atom. The molecule has 0 N–H and O–H groups in total. The molecular formula is C16H27N5O7S. The predicted molar refractivity (Wildman–Crippen MR) is 102 cm³/mol. The van der Waals surface area contributed by atoms with Crippen molar-refractivity contribution in [3.05, 3.63) is 10.4 Å². The van der Waals surface area contributed by atoms with Crippen LogP contribution < -0.4 is 0 Å². The fourth-order valence-corrected chi connectivity index (χ4v) is 4.50. The molecule has 29 heavy (non-hydrogen) atoms. The van der Waals surface area contributed by atoms with Crippen molar-refractivity contribution in [2.45, 2.75) is 58.5 Å². The van der Waals surface area contributed by atoms with Gasteiger partial charge in [0.1, 0.15) is 11.9 Å². The molecule has 1 aliphatic heterocycles. The third kappa shape index (κ3) is 8.26. The van der Waals surface area contributed by atoms with Crippen LogP contribution in [-0.2, 0) is 29.2 Å². The van der Waals surface area contributed by atoms with Crippen molar-refractivity contribution in [3.63, 3.8) is 0 Å². The second-order valence-electron chi connectivity index (χ2n) is 6.33. The average molecular weight is 433 g/mol. The molecule has 0 aliphatic carbocycles. The minimum absolute atomic E-state index is 0.0585. The molecule has 1 heterocycles. The van der Waals surface area contributed by atoms with E-state index in [1.807, 2.05) is 0 Å².